The molecule has 1 atom stereocenters. The first-order chi connectivity index (χ1) is 9.70. The smallest absolute Gasteiger partial charge is 0.246 e. The monoisotopic (exact) mass is 297 g/mol. The molecule has 0 heterocycles. The molecule has 4 nitrogen and oxygen atoms in total. The van der Waals surface area contributed by atoms with Gasteiger partial charge in [0.25, 0.3) is 0 Å². The molecule has 1 aromatic rings. The Hall–Kier alpha value is -1.10. The van der Waals surface area contributed by atoms with E-state index in [2.05, 4.69) is 5.32 Å². The lowest BCUT2D eigenvalue weighted by molar-refractivity contribution is -0.127. The summed E-state index contributed by atoms with van der Waals surface area (Å²) in [4.78, 5) is 11.8. The summed E-state index contributed by atoms with van der Waals surface area (Å²) in [6.07, 6.45) is 2.87. The van der Waals surface area contributed by atoms with Crippen molar-refractivity contribution in [3.8, 4) is 0 Å². The number of nitrogens with one attached hydrogen (secondary N) is 1. The first kappa shape index (κ1) is 15.3. The van der Waals surface area contributed by atoms with Gasteiger partial charge in [-0.1, -0.05) is 29.8 Å². The molecule has 1 fully saturated rings. The van der Waals surface area contributed by atoms with E-state index < -0.39 is 0 Å². The van der Waals surface area contributed by atoms with Crippen molar-refractivity contribution in [3.05, 3.63) is 34.9 Å². The Balaban J connectivity index is 1.70. The number of ether oxygens (including phenoxy) is 1. The van der Waals surface area contributed by atoms with E-state index >= 15 is 0 Å². The van der Waals surface area contributed by atoms with Gasteiger partial charge in [-0.2, -0.15) is 0 Å². The van der Waals surface area contributed by atoms with Crippen LogP contribution in [-0.4, -0.2) is 30.3 Å². The molecule has 0 spiro atoms. The predicted octanol–water partition coefficient (Wildman–Crippen LogP) is 2.13. The summed E-state index contributed by atoms with van der Waals surface area (Å²) in [5, 5.41) is 12.6. The van der Waals surface area contributed by atoms with E-state index in [0.29, 0.717) is 24.0 Å². The molecule has 5 heteroatoms. The third-order valence-corrected chi connectivity index (χ3v) is 3.79. The van der Waals surface area contributed by atoms with E-state index in [0.717, 1.165) is 18.4 Å². The lowest BCUT2D eigenvalue weighted by Crippen LogP contribution is -2.39. The average molecular weight is 298 g/mol. The molecule has 1 aliphatic rings. The van der Waals surface area contributed by atoms with E-state index in [4.69, 9.17) is 21.4 Å². The fraction of sp³-hybridized carbons (Fsp3) is 0.533. The molecule has 110 valence electrons. The second-order valence-corrected chi connectivity index (χ2v) is 5.52. The molecule has 1 unspecified atom stereocenters. The van der Waals surface area contributed by atoms with E-state index in [1.54, 1.807) is 6.07 Å². The Labute approximate surface area is 124 Å². The fourth-order valence-electron chi connectivity index (χ4n) is 2.18. The van der Waals surface area contributed by atoms with Crippen LogP contribution in [0.15, 0.2) is 24.3 Å². The molecule has 0 saturated heterocycles. The van der Waals surface area contributed by atoms with Gasteiger partial charge in [-0.3, -0.25) is 4.79 Å². The summed E-state index contributed by atoms with van der Waals surface area (Å²) in [5.74, 6) is 0.386. The Morgan fingerprint density at radius 2 is 2.20 bits per heavy atom. The number of benzene rings is 1. The fourth-order valence-corrected chi connectivity index (χ4v) is 2.37. The zero-order valence-electron chi connectivity index (χ0n) is 11.3. The number of carbonyl (C=O) groups is 1. The molecule has 1 amide bonds. The van der Waals surface area contributed by atoms with Gasteiger partial charge in [0.1, 0.15) is 6.61 Å². The summed E-state index contributed by atoms with van der Waals surface area (Å²) < 4.78 is 5.38. The van der Waals surface area contributed by atoms with Crippen LogP contribution in [0.1, 0.15) is 24.8 Å². The van der Waals surface area contributed by atoms with E-state index in [1.165, 1.54) is 0 Å². The number of aliphatic hydroxyl groups is 1. The lowest BCUT2D eigenvalue weighted by atomic mass is 10.1. The van der Waals surface area contributed by atoms with Gasteiger partial charge in [0.15, 0.2) is 0 Å². The van der Waals surface area contributed by atoms with Crippen LogP contribution >= 0.6 is 11.6 Å². The maximum atomic E-state index is 11.8. The van der Waals surface area contributed by atoms with Crippen molar-refractivity contribution >= 4 is 17.5 Å². The zero-order valence-corrected chi connectivity index (χ0v) is 12.1. The number of carbonyl (C=O) groups excluding carboxylic acids is 1. The Bertz CT molecular complexity index is 448. The highest BCUT2D eigenvalue weighted by Gasteiger charge is 2.31. The summed E-state index contributed by atoms with van der Waals surface area (Å²) >= 11 is 6.01. The first-order valence-electron chi connectivity index (χ1n) is 6.92. The topological polar surface area (TPSA) is 58.6 Å². The van der Waals surface area contributed by atoms with Crippen LogP contribution in [0.25, 0.3) is 0 Å². The summed E-state index contributed by atoms with van der Waals surface area (Å²) in [5.41, 5.74) is 0.871. The van der Waals surface area contributed by atoms with Crippen molar-refractivity contribution in [2.24, 2.45) is 5.92 Å². The number of amides is 1. The van der Waals surface area contributed by atoms with Gasteiger partial charge >= 0.3 is 0 Å². The Morgan fingerprint density at radius 1 is 1.45 bits per heavy atom. The summed E-state index contributed by atoms with van der Waals surface area (Å²) in [6, 6.07) is 7.49. The minimum absolute atomic E-state index is 0.0138. The van der Waals surface area contributed by atoms with Gasteiger partial charge in [-0.25, -0.2) is 0 Å². The standard InChI is InChI=1S/C15H20ClNO3/c16-13-4-2-1-3-12(13)9-20-10-15(19)17-14(7-8-18)11-5-6-11/h1-4,11,14,18H,5-10H2,(H,17,19). The number of rotatable bonds is 8. The van der Waals surface area contributed by atoms with Gasteiger partial charge in [0, 0.05) is 17.7 Å². The maximum Gasteiger partial charge on any atom is 0.246 e. The van der Waals surface area contributed by atoms with Crippen LogP contribution in [0, 0.1) is 5.92 Å². The Morgan fingerprint density at radius 3 is 2.85 bits per heavy atom. The van der Waals surface area contributed by atoms with Gasteiger partial charge in [0.2, 0.25) is 5.91 Å². The minimum Gasteiger partial charge on any atom is -0.396 e. The molecule has 1 aliphatic carbocycles. The molecule has 2 N–H and O–H groups in total. The van der Waals surface area contributed by atoms with E-state index in [9.17, 15) is 4.79 Å². The van der Waals surface area contributed by atoms with Crippen molar-refractivity contribution < 1.29 is 14.6 Å². The highest BCUT2D eigenvalue weighted by Crippen LogP contribution is 2.33. The normalized spacial score (nSPS) is 15.9. The molecule has 0 radical (unpaired) electrons. The first-order valence-corrected chi connectivity index (χ1v) is 7.30. The summed E-state index contributed by atoms with van der Waals surface area (Å²) in [7, 11) is 0. The largest absolute Gasteiger partial charge is 0.396 e. The number of hydrogen-bond donors (Lipinski definition) is 2. The third-order valence-electron chi connectivity index (χ3n) is 3.43. The van der Waals surface area contributed by atoms with Gasteiger partial charge in [-0.05, 0) is 36.8 Å². The lowest BCUT2D eigenvalue weighted by Gasteiger charge is -2.17. The molecular weight excluding hydrogens is 278 g/mol. The van der Waals surface area contributed by atoms with Crippen LogP contribution < -0.4 is 5.32 Å². The van der Waals surface area contributed by atoms with Crippen LogP contribution in [0.4, 0.5) is 0 Å². The van der Waals surface area contributed by atoms with Crippen molar-refractivity contribution in [2.75, 3.05) is 13.2 Å². The van der Waals surface area contributed by atoms with Crippen molar-refractivity contribution in [1.82, 2.24) is 5.32 Å². The van der Waals surface area contributed by atoms with Crippen LogP contribution in [-0.2, 0) is 16.1 Å². The molecule has 0 aromatic heterocycles. The third kappa shape index (κ3) is 4.78. The number of hydrogen-bond acceptors (Lipinski definition) is 3. The van der Waals surface area contributed by atoms with Crippen molar-refractivity contribution in [3.63, 3.8) is 0 Å². The molecule has 1 aromatic carbocycles. The highest BCUT2D eigenvalue weighted by molar-refractivity contribution is 6.31. The minimum atomic E-state index is -0.137. The molecule has 0 aliphatic heterocycles. The predicted molar refractivity (Wildman–Crippen MR) is 77.5 cm³/mol. The van der Waals surface area contributed by atoms with E-state index in [-0.39, 0.29) is 25.2 Å². The second-order valence-electron chi connectivity index (χ2n) is 5.11. The number of halogens is 1. The quantitative estimate of drug-likeness (QED) is 0.773. The van der Waals surface area contributed by atoms with Crippen molar-refractivity contribution in [2.45, 2.75) is 31.9 Å². The SMILES string of the molecule is O=C(COCc1ccccc1Cl)NC(CCO)C1CC1. The van der Waals surface area contributed by atoms with Gasteiger partial charge < -0.3 is 15.2 Å². The maximum absolute atomic E-state index is 11.8. The molecule has 0 bridgehead atoms. The molecule has 20 heavy (non-hydrogen) atoms. The molecule has 2 rings (SSSR count). The van der Waals surface area contributed by atoms with Crippen LogP contribution in [0.3, 0.4) is 0 Å². The van der Waals surface area contributed by atoms with Crippen molar-refractivity contribution in [1.29, 1.82) is 0 Å². The van der Waals surface area contributed by atoms with Gasteiger partial charge in [0.05, 0.1) is 6.61 Å². The Kier molecular flexibility index (Phi) is 5.83. The molecule has 1 saturated carbocycles. The zero-order chi connectivity index (χ0) is 14.4. The average Bonchev–Trinajstić information content (AvgIpc) is 3.25. The molecular formula is C15H20ClNO3. The number of aliphatic hydroxyl groups excluding tert-OH is 1. The van der Waals surface area contributed by atoms with Gasteiger partial charge in [-0.15, -0.1) is 0 Å². The highest BCUT2D eigenvalue weighted by atomic mass is 35.5. The van der Waals surface area contributed by atoms with Crippen LogP contribution in [0.2, 0.25) is 5.02 Å². The van der Waals surface area contributed by atoms with E-state index in [1.807, 2.05) is 18.2 Å². The summed E-state index contributed by atoms with van der Waals surface area (Å²) in [6.45, 7) is 0.434. The van der Waals surface area contributed by atoms with Crippen LogP contribution in [0.5, 0.6) is 0 Å². The second kappa shape index (κ2) is 7.62.